The lowest BCUT2D eigenvalue weighted by Crippen LogP contribution is -2.57. The van der Waals surface area contributed by atoms with E-state index in [9.17, 15) is 4.79 Å². The van der Waals surface area contributed by atoms with Crippen LogP contribution in [0.3, 0.4) is 0 Å². The third-order valence-electron chi connectivity index (χ3n) is 5.24. The maximum absolute atomic E-state index is 12.0. The molecule has 124 valence electrons. The van der Waals surface area contributed by atoms with Gasteiger partial charge in [-0.1, -0.05) is 19.1 Å². The number of methoxy groups -OCH3 is 1. The van der Waals surface area contributed by atoms with Gasteiger partial charge in [-0.15, -0.1) is 0 Å². The number of rotatable bonds is 5. The minimum atomic E-state index is -0.168. The zero-order chi connectivity index (χ0) is 16.4. The summed E-state index contributed by atoms with van der Waals surface area (Å²) in [5, 5.41) is 3.26. The third kappa shape index (κ3) is 3.21. The number of hydrogen-bond donors (Lipinski definition) is 1. The lowest BCUT2D eigenvalue weighted by atomic mass is 9.72. The smallest absolute Gasteiger partial charge is 0.220 e. The van der Waals surface area contributed by atoms with Crippen molar-refractivity contribution in [2.45, 2.75) is 38.1 Å². The van der Waals surface area contributed by atoms with Crippen LogP contribution in [-0.4, -0.2) is 25.2 Å². The second-order valence-corrected chi connectivity index (χ2v) is 6.90. The monoisotopic (exact) mass is 315 g/mol. The molecule has 2 fully saturated rings. The van der Waals surface area contributed by atoms with Crippen molar-refractivity contribution in [1.82, 2.24) is 5.32 Å². The minimum Gasteiger partial charge on any atom is -0.497 e. The molecule has 1 amide bonds. The van der Waals surface area contributed by atoms with Crippen molar-refractivity contribution in [3.05, 3.63) is 36.4 Å². The average Bonchev–Trinajstić information content (AvgIpc) is 2.84. The fourth-order valence-electron chi connectivity index (χ4n) is 4.16. The van der Waals surface area contributed by atoms with Crippen LogP contribution in [0.25, 0.3) is 0 Å². The van der Waals surface area contributed by atoms with E-state index in [1.165, 1.54) is 5.57 Å². The van der Waals surface area contributed by atoms with Crippen molar-refractivity contribution in [3.63, 3.8) is 0 Å². The van der Waals surface area contributed by atoms with Crippen molar-refractivity contribution in [2.24, 2.45) is 11.8 Å². The molecular weight excluding hydrogens is 290 g/mol. The molecule has 0 radical (unpaired) electrons. The van der Waals surface area contributed by atoms with Gasteiger partial charge >= 0.3 is 0 Å². The van der Waals surface area contributed by atoms with E-state index in [1.54, 1.807) is 7.11 Å². The molecule has 4 heteroatoms. The summed E-state index contributed by atoms with van der Waals surface area (Å²) >= 11 is 0. The predicted octanol–water partition coefficient (Wildman–Crippen LogP) is 3.33. The summed E-state index contributed by atoms with van der Waals surface area (Å²) < 4.78 is 11.0. The molecule has 1 aliphatic heterocycles. The highest BCUT2D eigenvalue weighted by Crippen LogP contribution is 2.48. The maximum Gasteiger partial charge on any atom is 0.220 e. The summed E-state index contributed by atoms with van der Waals surface area (Å²) in [4.78, 5) is 12.0. The van der Waals surface area contributed by atoms with Gasteiger partial charge < -0.3 is 14.8 Å². The molecule has 1 aliphatic carbocycles. The molecule has 0 aromatic heterocycles. The Hall–Kier alpha value is -1.97. The largest absolute Gasteiger partial charge is 0.497 e. The van der Waals surface area contributed by atoms with Crippen LogP contribution in [0.2, 0.25) is 0 Å². The van der Waals surface area contributed by atoms with E-state index in [1.807, 2.05) is 24.3 Å². The zero-order valence-electron chi connectivity index (χ0n) is 13.9. The molecule has 0 spiro atoms. The highest BCUT2D eigenvalue weighted by atomic mass is 16.5. The van der Waals surface area contributed by atoms with Crippen LogP contribution >= 0.6 is 0 Å². The Morgan fingerprint density at radius 3 is 2.65 bits per heavy atom. The van der Waals surface area contributed by atoms with Crippen LogP contribution in [0.1, 0.15) is 32.6 Å². The Kier molecular flexibility index (Phi) is 4.33. The number of carbonyl (C=O) groups is 1. The summed E-state index contributed by atoms with van der Waals surface area (Å²) in [6, 6.07) is 7.59. The highest BCUT2D eigenvalue weighted by molar-refractivity contribution is 5.78. The van der Waals surface area contributed by atoms with Crippen LogP contribution in [0.5, 0.6) is 11.5 Å². The molecule has 1 saturated carbocycles. The summed E-state index contributed by atoms with van der Waals surface area (Å²) in [5.41, 5.74) is 1.08. The van der Waals surface area contributed by atoms with Crippen LogP contribution in [0.4, 0.5) is 0 Å². The van der Waals surface area contributed by atoms with Crippen molar-refractivity contribution >= 4 is 5.91 Å². The number of nitrogens with one attached hydrogen (secondary N) is 1. The molecule has 3 rings (SSSR count). The van der Waals surface area contributed by atoms with Crippen molar-refractivity contribution in [1.29, 1.82) is 0 Å². The number of amides is 1. The highest BCUT2D eigenvalue weighted by Gasteiger charge is 2.50. The van der Waals surface area contributed by atoms with Crippen molar-refractivity contribution in [2.75, 3.05) is 13.7 Å². The molecule has 1 saturated heterocycles. The number of piperidine rings is 1. The Balaban J connectivity index is 1.64. The summed E-state index contributed by atoms with van der Waals surface area (Å²) in [6.07, 6.45) is 3.33. The lowest BCUT2D eigenvalue weighted by Gasteiger charge is -2.43. The van der Waals surface area contributed by atoms with Gasteiger partial charge in [0.1, 0.15) is 11.5 Å². The number of fused-ring (bicyclic) bond motifs is 1. The first kappa shape index (κ1) is 15.9. The van der Waals surface area contributed by atoms with E-state index in [-0.39, 0.29) is 11.4 Å². The Labute approximate surface area is 137 Å². The molecule has 23 heavy (non-hydrogen) atoms. The van der Waals surface area contributed by atoms with Gasteiger partial charge in [0, 0.05) is 12.8 Å². The molecule has 1 heterocycles. The van der Waals surface area contributed by atoms with E-state index in [4.69, 9.17) is 9.47 Å². The van der Waals surface area contributed by atoms with E-state index in [0.29, 0.717) is 24.9 Å². The molecule has 0 unspecified atom stereocenters. The fraction of sp³-hybridized carbons (Fsp3) is 0.526. The quantitative estimate of drug-likeness (QED) is 0.848. The molecule has 0 bridgehead atoms. The van der Waals surface area contributed by atoms with Gasteiger partial charge in [0.15, 0.2) is 0 Å². The Morgan fingerprint density at radius 1 is 1.26 bits per heavy atom. The van der Waals surface area contributed by atoms with Gasteiger partial charge in [-0.25, -0.2) is 0 Å². The number of benzene rings is 1. The molecule has 1 aromatic rings. The Bertz CT molecular complexity index is 595. The molecular formula is C19H25NO3. The van der Waals surface area contributed by atoms with Gasteiger partial charge in [-0.05, 0) is 48.9 Å². The minimum absolute atomic E-state index is 0.160. The van der Waals surface area contributed by atoms with Gasteiger partial charge in [-0.2, -0.15) is 0 Å². The van der Waals surface area contributed by atoms with Gasteiger partial charge in [0.2, 0.25) is 5.91 Å². The van der Waals surface area contributed by atoms with Crippen LogP contribution in [0, 0.1) is 11.8 Å². The van der Waals surface area contributed by atoms with Gasteiger partial charge in [0.25, 0.3) is 0 Å². The summed E-state index contributed by atoms with van der Waals surface area (Å²) in [7, 11) is 1.65. The van der Waals surface area contributed by atoms with Crippen LogP contribution in [0.15, 0.2) is 36.4 Å². The molecule has 1 N–H and O–H groups in total. The maximum atomic E-state index is 12.0. The summed E-state index contributed by atoms with van der Waals surface area (Å²) in [5.74, 6) is 2.69. The normalized spacial score (nSPS) is 29.8. The van der Waals surface area contributed by atoms with Crippen LogP contribution in [-0.2, 0) is 4.79 Å². The van der Waals surface area contributed by atoms with E-state index in [2.05, 4.69) is 18.8 Å². The Morgan fingerprint density at radius 2 is 1.96 bits per heavy atom. The number of carbonyl (C=O) groups excluding carboxylic acids is 1. The van der Waals surface area contributed by atoms with E-state index < -0.39 is 0 Å². The predicted molar refractivity (Wildman–Crippen MR) is 89.6 cm³/mol. The molecule has 2 aliphatic rings. The second kappa shape index (κ2) is 6.26. The molecule has 4 nitrogen and oxygen atoms in total. The van der Waals surface area contributed by atoms with Crippen LogP contribution < -0.4 is 14.8 Å². The van der Waals surface area contributed by atoms with E-state index >= 15 is 0 Å². The lowest BCUT2D eigenvalue weighted by molar-refractivity contribution is -0.128. The number of ether oxygens (including phenoxy) is 2. The average molecular weight is 315 g/mol. The van der Waals surface area contributed by atoms with Crippen molar-refractivity contribution < 1.29 is 14.3 Å². The van der Waals surface area contributed by atoms with Gasteiger partial charge in [-0.3, -0.25) is 4.79 Å². The van der Waals surface area contributed by atoms with Crippen molar-refractivity contribution in [3.8, 4) is 11.5 Å². The first-order valence-electron chi connectivity index (χ1n) is 8.27. The topological polar surface area (TPSA) is 47.6 Å². The van der Waals surface area contributed by atoms with Gasteiger partial charge in [0.05, 0.1) is 19.3 Å². The SMILES string of the molecule is C=C1C[C@@H]2[C@@H](C)CC(=O)N[C@]2(CCOc2ccc(OC)cc2)C1. The number of hydrogen-bond acceptors (Lipinski definition) is 3. The molecule has 1 aromatic carbocycles. The zero-order valence-corrected chi connectivity index (χ0v) is 13.9. The van der Waals surface area contributed by atoms with E-state index in [0.717, 1.165) is 30.8 Å². The second-order valence-electron chi connectivity index (χ2n) is 6.90. The first-order chi connectivity index (χ1) is 11.0. The standard InChI is InChI=1S/C19H25NO3/c1-13-10-17-14(2)11-18(21)20-19(17,12-13)8-9-23-16-6-4-15(22-3)5-7-16/h4-7,14,17H,1,8-12H2,2-3H3,(H,20,21)/t14-,17+,19+/m0/s1. The molecule has 3 atom stereocenters. The fourth-order valence-corrected chi connectivity index (χ4v) is 4.16. The summed E-state index contributed by atoms with van der Waals surface area (Å²) in [6.45, 7) is 6.93. The first-order valence-corrected chi connectivity index (χ1v) is 8.27. The third-order valence-corrected chi connectivity index (χ3v) is 5.24.